The number of aryl methyl sites for hydroxylation is 1. The summed E-state index contributed by atoms with van der Waals surface area (Å²) in [6.07, 6.45) is 0. The van der Waals surface area contributed by atoms with Gasteiger partial charge in [0.25, 0.3) is 0 Å². The van der Waals surface area contributed by atoms with E-state index in [1.165, 1.54) is 0 Å². The zero-order valence-electron chi connectivity index (χ0n) is 18.5. The Morgan fingerprint density at radius 1 is 1.00 bits per heavy atom. The third kappa shape index (κ3) is 5.12. The summed E-state index contributed by atoms with van der Waals surface area (Å²) in [5, 5.41) is 18.4. The van der Waals surface area contributed by atoms with Crippen molar-refractivity contribution in [2.24, 2.45) is 0 Å². The number of anilines is 1. The van der Waals surface area contributed by atoms with Crippen LogP contribution < -0.4 is 24.8 Å². The second kappa shape index (κ2) is 9.86. The Hall–Kier alpha value is -4.34. The predicted octanol–water partition coefficient (Wildman–Crippen LogP) is 3.32. The average molecular weight is 448 g/mol. The first-order chi connectivity index (χ1) is 16.1. The number of hydrogen-bond acceptors (Lipinski definition) is 7. The number of methoxy groups -OCH3 is 2. The smallest absolute Gasteiger partial charge is 0.319 e. The van der Waals surface area contributed by atoms with Crippen molar-refractivity contribution < 1.29 is 19.0 Å². The molecular weight excluding hydrogens is 424 g/mol. The number of ether oxygens (including phenoxy) is 3. The highest BCUT2D eigenvalue weighted by atomic mass is 16.5. The zero-order chi connectivity index (χ0) is 23.2. The lowest BCUT2D eigenvalue weighted by atomic mass is 10.2. The van der Waals surface area contributed by atoms with E-state index in [0.29, 0.717) is 41.0 Å². The molecule has 2 aromatic carbocycles. The summed E-state index contributed by atoms with van der Waals surface area (Å²) < 4.78 is 18.1. The summed E-state index contributed by atoms with van der Waals surface area (Å²) in [4.78, 5) is 12.0. The van der Waals surface area contributed by atoms with Crippen LogP contribution in [0.4, 0.5) is 10.5 Å². The monoisotopic (exact) mass is 448 g/mol. The van der Waals surface area contributed by atoms with Crippen LogP contribution >= 0.6 is 0 Å². The van der Waals surface area contributed by atoms with Crippen molar-refractivity contribution in [1.29, 1.82) is 0 Å². The molecule has 0 aliphatic heterocycles. The van der Waals surface area contributed by atoms with E-state index in [0.717, 1.165) is 11.3 Å². The highest BCUT2D eigenvalue weighted by Crippen LogP contribution is 2.32. The molecule has 0 saturated carbocycles. The summed E-state index contributed by atoms with van der Waals surface area (Å²) in [6.45, 7) is 2.53. The van der Waals surface area contributed by atoms with Crippen LogP contribution in [0.25, 0.3) is 17.0 Å². The van der Waals surface area contributed by atoms with E-state index in [1.54, 1.807) is 49.1 Å². The van der Waals surface area contributed by atoms with Crippen LogP contribution in [0.2, 0.25) is 0 Å². The second-order valence-electron chi connectivity index (χ2n) is 7.13. The van der Waals surface area contributed by atoms with Gasteiger partial charge in [0, 0.05) is 11.8 Å². The van der Waals surface area contributed by atoms with E-state index < -0.39 is 0 Å². The van der Waals surface area contributed by atoms with Gasteiger partial charge in [-0.15, -0.1) is 15.3 Å². The van der Waals surface area contributed by atoms with Gasteiger partial charge in [0.15, 0.2) is 11.5 Å². The molecule has 2 aromatic heterocycles. The van der Waals surface area contributed by atoms with Crippen molar-refractivity contribution in [3.05, 3.63) is 60.2 Å². The molecule has 0 saturated heterocycles. The lowest BCUT2D eigenvalue weighted by Gasteiger charge is -2.10. The van der Waals surface area contributed by atoms with Gasteiger partial charge in [0.05, 0.1) is 26.3 Å². The molecule has 33 heavy (non-hydrogen) atoms. The molecule has 10 heteroatoms. The van der Waals surface area contributed by atoms with Crippen molar-refractivity contribution in [2.75, 3.05) is 32.7 Å². The van der Waals surface area contributed by atoms with Crippen molar-refractivity contribution >= 4 is 17.4 Å². The standard InChI is InChI=1S/C23H24N6O4/c1-15-4-6-16(7-5-15)25-23(30)24-12-13-33-21-11-10-20-26-27-22(29(20)28-21)18-14-17(31-2)8-9-19(18)32-3/h4-11,14H,12-13H2,1-3H3,(H2,24,25,30). The van der Waals surface area contributed by atoms with E-state index in [4.69, 9.17) is 14.2 Å². The second-order valence-corrected chi connectivity index (χ2v) is 7.13. The lowest BCUT2D eigenvalue weighted by molar-refractivity contribution is 0.246. The molecule has 0 aliphatic carbocycles. The molecule has 10 nitrogen and oxygen atoms in total. The Balaban J connectivity index is 1.40. The number of amides is 2. The highest BCUT2D eigenvalue weighted by Gasteiger charge is 2.16. The Bertz CT molecular complexity index is 1260. The first-order valence-electron chi connectivity index (χ1n) is 10.3. The van der Waals surface area contributed by atoms with E-state index in [1.807, 2.05) is 31.2 Å². The molecule has 2 amide bonds. The predicted molar refractivity (Wildman–Crippen MR) is 123 cm³/mol. The van der Waals surface area contributed by atoms with Gasteiger partial charge in [-0.25, -0.2) is 4.79 Å². The Morgan fingerprint density at radius 3 is 2.58 bits per heavy atom. The summed E-state index contributed by atoms with van der Waals surface area (Å²) in [6, 6.07) is 16.1. The van der Waals surface area contributed by atoms with Gasteiger partial charge >= 0.3 is 6.03 Å². The summed E-state index contributed by atoms with van der Waals surface area (Å²) in [5.74, 6) is 2.12. The van der Waals surface area contributed by atoms with Crippen LogP contribution in [0, 0.1) is 6.92 Å². The first-order valence-corrected chi connectivity index (χ1v) is 10.3. The minimum Gasteiger partial charge on any atom is -0.497 e. The SMILES string of the molecule is COc1ccc(OC)c(-c2nnc3ccc(OCCNC(=O)Nc4ccc(C)cc4)nn23)c1. The molecule has 4 aromatic rings. The van der Waals surface area contributed by atoms with Gasteiger partial charge in [-0.1, -0.05) is 17.7 Å². The normalized spacial score (nSPS) is 10.6. The Morgan fingerprint density at radius 2 is 1.82 bits per heavy atom. The maximum absolute atomic E-state index is 12.0. The van der Waals surface area contributed by atoms with Crippen LogP contribution in [0.15, 0.2) is 54.6 Å². The molecule has 0 aliphatic rings. The van der Waals surface area contributed by atoms with Gasteiger partial charge in [-0.05, 0) is 43.3 Å². The first kappa shape index (κ1) is 21.9. The topological polar surface area (TPSA) is 112 Å². The number of nitrogens with one attached hydrogen (secondary N) is 2. The van der Waals surface area contributed by atoms with Crippen LogP contribution in [0.5, 0.6) is 17.4 Å². The van der Waals surface area contributed by atoms with Crippen LogP contribution in [-0.4, -0.2) is 53.2 Å². The minimum absolute atomic E-state index is 0.236. The Kier molecular flexibility index (Phi) is 6.53. The third-order valence-electron chi connectivity index (χ3n) is 4.83. The minimum atomic E-state index is -0.308. The number of nitrogens with zero attached hydrogens (tertiary/aromatic N) is 4. The maximum Gasteiger partial charge on any atom is 0.319 e. The van der Waals surface area contributed by atoms with Crippen molar-refractivity contribution in [3.63, 3.8) is 0 Å². The van der Waals surface area contributed by atoms with E-state index in [2.05, 4.69) is 25.9 Å². The molecule has 4 rings (SSSR count). The zero-order valence-corrected chi connectivity index (χ0v) is 18.5. The molecule has 2 heterocycles. The van der Waals surface area contributed by atoms with Crippen LogP contribution in [0.1, 0.15) is 5.56 Å². The number of benzene rings is 2. The summed E-state index contributed by atoms with van der Waals surface area (Å²) >= 11 is 0. The molecule has 0 atom stereocenters. The molecular formula is C23H24N6O4. The summed E-state index contributed by atoms with van der Waals surface area (Å²) in [7, 11) is 3.17. The van der Waals surface area contributed by atoms with Crippen molar-refractivity contribution in [2.45, 2.75) is 6.92 Å². The lowest BCUT2D eigenvalue weighted by Crippen LogP contribution is -2.32. The number of hydrogen-bond donors (Lipinski definition) is 2. The molecule has 0 radical (unpaired) electrons. The van der Waals surface area contributed by atoms with Gasteiger partial charge < -0.3 is 24.8 Å². The van der Waals surface area contributed by atoms with Crippen LogP contribution in [-0.2, 0) is 0 Å². The molecule has 0 bridgehead atoms. The van der Waals surface area contributed by atoms with Crippen molar-refractivity contribution in [1.82, 2.24) is 25.1 Å². The Labute approximate surface area is 190 Å². The van der Waals surface area contributed by atoms with E-state index in [9.17, 15) is 4.79 Å². The quantitative estimate of drug-likeness (QED) is 0.398. The van der Waals surface area contributed by atoms with Gasteiger partial charge in [-0.2, -0.15) is 4.52 Å². The molecule has 170 valence electrons. The fraction of sp³-hybridized carbons (Fsp3) is 0.217. The number of carbonyl (C=O) groups excluding carboxylic acids is 1. The highest BCUT2D eigenvalue weighted by molar-refractivity contribution is 5.89. The fourth-order valence-electron chi connectivity index (χ4n) is 3.14. The number of aromatic nitrogens is 4. The summed E-state index contributed by atoms with van der Waals surface area (Å²) in [5.41, 5.74) is 3.08. The third-order valence-corrected chi connectivity index (χ3v) is 4.83. The van der Waals surface area contributed by atoms with E-state index in [-0.39, 0.29) is 12.6 Å². The van der Waals surface area contributed by atoms with Gasteiger partial charge in [0.2, 0.25) is 5.88 Å². The largest absolute Gasteiger partial charge is 0.497 e. The van der Waals surface area contributed by atoms with Crippen LogP contribution in [0.3, 0.4) is 0 Å². The number of urea groups is 1. The maximum atomic E-state index is 12.0. The molecule has 0 fully saturated rings. The molecule has 0 unspecified atom stereocenters. The van der Waals surface area contributed by atoms with Crippen molar-refractivity contribution in [3.8, 4) is 28.8 Å². The molecule has 2 N–H and O–H groups in total. The van der Waals surface area contributed by atoms with Gasteiger partial charge in [0.1, 0.15) is 18.1 Å². The average Bonchev–Trinajstić information content (AvgIpc) is 3.26. The fourth-order valence-corrected chi connectivity index (χ4v) is 3.14. The number of rotatable bonds is 8. The van der Waals surface area contributed by atoms with Gasteiger partial charge in [-0.3, -0.25) is 0 Å². The van der Waals surface area contributed by atoms with E-state index >= 15 is 0 Å². The molecule has 0 spiro atoms. The number of carbonyl (C=O) groups is 1. The number of fused-ring (bicyclic) bond motifs is 1.